The first kappa shape index (κ1) is 19.4. The van der Waals surface area contributed by atoms with E-state index < -0.39 is 0 Å². The Morgan fingerprint density at radius 1 is 1.11 bits per heavy atom. The van der Waals surface area contributed by atoms with Crippen LogP contribution in [0, 0.1) is 0 Å². The Labute approximate surface area is 165 Å². The van der Waals surface area contributed by atoms with E-state index in [0.717, 1.165) is 38.3 Å². The number of hydrogen-bond acceptors (Lipinski definition) is 3. The molecule has 0 aromatic heterocycles. The minimum absolute atomic E-state index is 0.0561. The first-order valence-electron chi connectivity index (χ1n) is 9.35. The molecule has 0 unspecified atom stereocenters. The van der Waals surface area contributed by atoms with E-state index in [1.807, 2.05) is 37.3 Å². The number of nitrogens with one attached hydrogen (secondary N) is 2. The first-order chi connectivity index (χ1) is 13.1. The summed E-state index contributed by atoms with van der Waals surface area (Å²) >= 11 is 6.15. The molecule has 2 aromatic rings. The third-order valence-electron chi connectivity index (χ3n) is 4.91. The van der Waals surface area contributed by atoms with Crippen molar-refractivity contribution < 1.29 is 9.69 Å². The molecule has 1 heterocycles. The van der Waals surface area contributed by atoms with Crippen LogP contribution in [0.5, 0.6) is 0 Å². The highest BCUT2D eigenvalue weighted by molar-refractivity contribution is 6.34. The molecule has 0 atom stereocenters. The summed E-state index contributed by atoms with van der Waals surface area (Å²) in [5.74, 6) is -0.0561. The van der Waals surface area contributed by atoms with Gasteiger partial charge in [0.25, 0.3) is 0 Å². The maximum Gasteiger partial charge on any atom is 0.245 e. The predicted octanol–water partition coefficient (Wildman–Crippen LogP) is 1.98. The van der Waals surface area contributed by atoms with Crippen molar-refractivity contribution in [3.63, 3.8) is 0 Å². The number of hydrogen-bond donors (Lipinski definition) is 2. The molecule has 5 nitrogen and oxygen atoms in total. The topological polar surface area (TPSA) is 49.1 Å². The third kappa shape index (κ3) is 5.55. The molecule has 2 aromatic carbocycles. The quantitative estimate of drug-likeness (QED) is 0.590. The Morgan fingerprint density at radius 2 is 1.78 bits per heavy atom. The van der Waals surface area contributed by atoms with Gasteiger partial charge in [-0.1, -0.05) is 48.0 Å². The van der Waals surface area contributed by atoms with E-state index >= 15 is 0 Å². The number of rotatable bonds is 6. The second kappa shape index (κ2) is 9.53. The molecule has 6 heteroatoms. The van der Waals surface area contributed by atoms with Crippen LogP contribution in [-0.4, -0.2) is 44.3 Å². The Balaban J connectivity index is 1.41. The van der Waals surface area contributed by atoms with E-state index in [2.05, 4.69) is 39.7 Å². The van der Waals surface area contributed by atoms with Crippen molar-refractivity contribution in [1.82, 2.24) is 5.43 Å². The second-order valence-corrected chi connectivity index (χ2v) is 7.19. The van der Waals surface area contributed by atoms with Crippen molar-refractivity contribution in [1.29, 1.82) is 0 Å². The number of hydrazone groups is 1. The van der Waals surface area contributed by atoms with Crippen LogP contribution in [0.4, 0.5) is 5.69 Å². The van der Waals surface area contributed by atoms with Gasteiger partial charge in [-0.15, -0.1) is 0 Å². The number of nitrogens with zero attached hydrogens (tertiary/aromatic N) is 2. The number of piperazine rings is 1. The summed E-state index contributed by atoms with van der Waals surface area (Å²) in [5.41, 5.74) is 5.47. The smallest absolute Gasteiger partial charge is 0.245 e. The molecule has 0 spiro atoms. The number of halogens is 1. The number of para-hydroxylation sites is 1. The van der Waals surface area contributed by atoms with Gasteiger partial charge in [0.1, 0.15) is 0 Å². The summed E-state index contributed by atoms with van der Waals surface area (Å²) in [4.78, 5) is 16.0. The zero-order chi connectivity index (χ0) is 19.1. The average Bonchev–Trinajstić information content (AvgIpc) is 2.72. The normalized spacial score (nSPS) is 15.6. The van der Waals surface area contributed by atoms with E-state index in [1.54, 1.807) is 0 Å². The zero-order valence-corrected chi connectivity index (χ0v) is 16.4. The number of carbonyl (C=O) groups excluding carboxylic acids is 1. The lowest BCUT2D eigenvalue weighted by atomic mass is 10.1. The molecule has 142 valence electrons. The molecule has 1 aliphatic heterocycles. The fourth-order valence-electron chi connectivity index (χ4n) is 3.28. The summed E-state index contributed by atoms with van der Waals surface area (Å²) in [5, 5.41) is 4.82. The van der Waals surface area contributed by atoms with Gasteiger partial charge in [-0.25, -0.2) is 5.43 Å². The number of amides is 1. The van der Waals surface area contributed by atoms with Gasteiger partial charge in [-0.05, 0) is 25.1 Å². The highest BCUT2D eigenvalue weighted by atomic mass is 35.5. The highest BCUT2D eigenvalue weighted by Gasteiger charge is 2.20. The van der Waals surface area contributed by atoms with Gasteiger partial charge in [0.15, 0.2) is 0 Å². The predicted molar refractivity (Wildman–Crippen MR) is 111 cm³/mol. The van der Waals surface area contributed by atoms with Gasteiger partial charge in [0.2, 0.25) is 5.91 Å². The van der Waals surface area contributed by atoms with Gasteiger partial charge in [-0.3, -0.25) is 4.79 Å². The van der Waals surface area contributed by atoms with E-state index in [0.29, 0.717) is 17.2 Å². The Kier molecular flexibility index (Phi) is 6.85. The number of anilines is 1. The average molecular weight is 386 g/mol. The molecule has 3 rings (SSSR count). The van der Waals surface area contributed by atoms with Gasteiger partial charge < -0.3 is 9.80 Å². The van der Waals surface area contributed by atoms with Crippen LogP contribution >= 0.6 is 11.6 Å². The second-order valence-electron chi connectivity index (χ2n) is 6.78. The lowest BCUT2D eigenvalue weighted by Gasteiger charge is -2.33. The van der Waals surface area contributed by atoms with Crippen molar-refractivity contribution >= 4 is 28.9 Å². The fourth-order valence-corrected chi connectivity index (χ4v) is 3.55. The summed E-state index contributed by atoms with van der Waals surface area (Å²) in [6, 6.07) is 18.0. The van der Waals surface area contributed by atoms with Crippen LogP contribution in [0.3, 0.4) is 0 Å². The molecule has 0 aliphatic carbocycles. The van der Waals surface area contributed by atoms with E-state index in [9.17, 15) is 4.79 Å². The Bertz CT molecular complexity index is 786. The first-order valence-corrected chi connectivity index (χ1v) is 9.73. The van der Waals surface area contributed by atoms with Crippen molar-refractivity contribution in [3.8, 4) is 0 Å². The molecule has 27 heavy (non-hydrogen) atoms. The monoisotopic (exact) mass is 385 g/mol. The van der Waals surface area contributed by atoms with Crippen LogP contribution in [0.15, 0.2) is 59.7 Å². The molecule has 1 fully saturated rings. The molecule has 1 saturated heterocycles. The SMILES string of the molecule is C/C(=N/NC(=O)CC[NH+]1CCN(c2ccccc2)CC1)c1ccccc1Cl. The largest absolute Gasteiger partial charge is 0.360 e. The van der Waals surface area contributed by atoms with Crippen molar-refractivity contribution in [3.05, 3.63) is 65.2 Å². The zero-order valence-electron chi connectivity index (χ0n) is 15.6. The van der Waals surface area contributed by atoms with Crippen LogP contribution < -0.4 is 15.2 Å². The molecule has 0 bridgehead atoms. The van der Waals surface area contributed by atoms with Crippen molar-refractivity contribution in [2.24, 2.45) is 5.10 Å². The van der Waals surface area contributed by atoms with Crippen molar-refractivity contribution in [2.75, 3.05) is 37.6 Å². The lowest BCUT2D eigenvalue weighted by molar-refractivity contribution is -0.900. The molecule has 0 radical (unpaired) electrons. The van der Waals surface area contributed by atoms with Crippen LogP contribution in [0.1, 0.15) is 18.9 Å². The number of carbonyl (C=O) groups is 1. The number of benzene rings is 2. The summed E-state index contributed by atoms with van der Waals surface area (Å²) in [6.45, 7) is 6.80. The minimum Gasteiger partial charge on any atom is -0.360 e. The van der Waals surface area contributed by atoms with Gasteiger partial charge in [0.05, 0.1) is 44.9 Å². The molecular formula is C21H26ClN4O+. The minimum atomic E-state index is -0.0561. The van der Waals surface area contributed by atoms with Crippen LogP contribution in [0.2, 0.25) is 5.02 Å². The standard InChI is InChI=1S/C21H25ClN4O/c1-17(19-9-5-6-10-20(19)22)23-24-21(27)11-12-25-13-15-26(16-14-25)18-7-3-2-4-8-18/h2-10H,11-16H2,1H3,(H,24,27)/p+1/b23-17-. The lowest BCUT2D eigenvalue weighted by Crippen LogP contribution is -3.15. The van der Waals surface area contributed by atoms with Crippen molar-refractivity contribution in [2.45, 2.75) is 13.3 Å². The molecule has 1 amide bonds. The summed E-state index contributed by atoms with van der Waals surface area (Å²) < 4.78 is 0. The summed E-state index contributed by atoms with van der Waals surface area (Å²) in [6.07, 6.45) is 0.472. The maximum atomic E-state index is 12.1. The van der Waals surface area contributed by atoms with E-state index in [1.165, 1.54) is 10.6 Å². The van der Waals surface area contributed by atoms with E-state index in [4.69, 9.17) is 11.6 Å². The fraction of sp³-hybridized carbons (Fsp3) is 0.333. The van der Waals surface area contributed by atoms with Crippen LogP contribution in [-0.2, 0) is 4.79 Å². The summed E-state index contributed by atoms with van der Waals surface area (Å²) in [7, 11) is 0. The molecular weight excluding hydrogens is 360 g/mol. The molecule has 2 N–H and O–H groups in total. The van der Waals surface area contributed by atoms with E-state index in [-0.39, 0.29) is 5.91 Å². The Hall–Kier alpha value is -2.37. The Morgan fingerprint density at radius 3 is 2.48 bits per heavy atom. The molecule has 1 aliphatic rings. The van der Waals surface area contributed by atoms with Gasteiger partial charge in [-0.2, -0.15) is 5.10 Å². The molecule has 0 saturated carbocycles. The third-order valence-corrected chi connectivity index (χ3v) is 5.24. The van der Waals surface area contributed by atoms with Gasteiger partial charge in [0, 0.05) is 16.3 Å². The number of quaternary nitrogens is 1. The highest BCUT2D eigenvalue weighted by Crippen LogP contribution is 2.15. The van der Waals surface area contributed by atoms with Crippen LogP contribution in [0.25, 0.3) is 0 Å². The van der Waals surface area contributed by atoms with Gasteiger partial charge >= 0.3 is 0 Å². The maximum absolute atomic E-state index is 12.1.